The minimum atomic E-state index is -0.886. The number of methoxy groups -OCH3 is 1. The molecule has 6 nitrogen and oxygen atoms in total. The van der Waals surface area contributed by atoms with E-state index in [4.69, 9.17) is 16.3 Å². The lowest BCUT2D eigenvalue weighted by atomic mass is 9.94. The van der Waals surface area contributed by atoms with E-state index in [1.54, 1.807) is 48.8 Å². The van der Waals surface area contributed by atoms with Crippen molar-refractivity contribution >= 4 is 34.7 Å². The van der Waals surface area contributed by atoms with Crippen molar-refractivity contribution in [2.75, 3.05) is 12.0 Å². The number of carbonyl (C=O) groups excluding carboxylic acids is 2. The van der Waals surface area contributed by atoms with Gasteiger partial charge in [-0.2, -0.15) is 0 Å². The molecule has 3 aromatic rings. The minimum Gasteiger partial charge on any atom is -0.507 e. The molecule has 1 aliphatic heterocycles. The van der Waals surface area contributed by atoms with Gasteiger partial charge in [0.15, 0.2) is 0 Å². The van der Waals surface area contributed by atoms with E-state index >= 15 is 0 Å². The molecule has 2 aromatic carbocycles. The highest BCUT2D eigenvalue weighted by molar-refractivity contribution is 6.51. The zero-order chi connectivity index (χ0) is 23.9. The molecule has 0 radical (unpaired) electrons. The first-order valence-electron chi connectivity index (χ1n) is 10.4. The summed E-state index contributed by atoms with van der Waals surface area (Å²) >= 11 is 6.33. The van der Waals surface area contributed by atoms with E-state index in [0.717, 1.165) is 16.7 Å². The summed E-state index contributed by atoms with van der Waals surface area (Å²) < 4.78 is 5.52. The van der Waals surface area contributed by atoms with Gasteiger partial charge in [-0.15, -0.1) is 0 Å². The van der Waals surface area contributed by atoms with E-state index in [9.17, 15) is 14.7 Å². The van der Waals surface area contributed by atoms with Gasteiger partial charge in [0, 0.05) is 23.1 Å². The monoisotopic (exact) mass is 462 g/mol. The standard InChI is InChI=1S/C26H23ClN2O4/c1-14-10-16(3)25(33-4)19(11-14)23(30)21-22(17-6-5-9-28-13-17)29(26(32)24(21)31)18-8-7-15(2)20(27)12-18/h5-13,22,30H,1-4H3/b23-21+. The fourth-order valence-corrected chi connectivity index (χ4v) is 4.40. The Hall–Kier alpha value is -3.64. The number of aliphatic hydroxyl groups excluding tert-OH is 1. The number of nitrogens with zero attached hydrogens (tertiary/aromatic N) is 2. The molecule has 1 aliphatic rings. The van der Waals surface area contributed by atoms with Crippen LogP contribution in [0.15, 0.2) is 60.4 Å². The molecule has 0 saturated carbocycles. The fourth-order valence-electron chi connectivity index (χ4n) is 4.23. The topological polar surface area (TPSA) is 79.7 Å². The Morgan fingerprint density at radius 2 is 1.85 bits per heavy atom. The van der Waals surface area contributed by atoms with Gasteiger partial charge < -0.3 is 9.84 Å². The molecular formula is C26H23ClN2O4. The molecule has 33 heavy (non-hydrogen) atoms. The number of rotatable bonds is 4. The number of hydrogen-bond donors (Lipinski definition) is 1. The summed E-state index contributed by atoms with van der Waals surface area (Å²) in [5, 5.41) is 11.9. The second kappa shape index (κ2) is 8.71. The zero-order valence-corrected chi connectivity index (χ0v) is 19.5. The first-order valence-corrected chi connectivity index (χ1v) is 10.7. The number of carbonyl (C=O) groups is 2. The highest BCUT2D eigenvalue weighted by atomic mass is 35.5. The van der Waals surface area contributed by atoms with Crippen LogP contribution >= 0.6 is 11.6 Å². The van der Waals surface area contributed by atoms with Gasteiger partial charge in [-0.3, -0.25) is 19.5 Å². The molecule has 7 heteroatoms. The van der Waals surface area contributed by atoms with Crippen molar-refractivity contribution in [2.45, 2.75) is 26.8 Å². The normalized spacial score (nSPS) is 17.5. The Balaban J connectivity index is 2.00. The van der Waals surface area contributed by atoms with Crippen molar-refractivity contribution in [3.05, 3.63) is 93.3 Å². The van der Waals surface area contributed by atoms with Gasteiger partial charge in [0.1, 0.15) is 11.5 Å². The Morgan fingerprint density at radius 3 is 2.48 bits per heavy atom. The predicted molar refractivity (Wildman–Crippen MR) is 128 cm³/mol. The number of aryl methyl sites for hydroxylation is 3. The maximum absolute atomic E-state index is 13.3. The molecular weight excluding hydrogens is 440 g/mol. The largest absolute Gasteiger partial charge is 0.507 e. The molecule has 2 heterocycles. The van der Waals surface area contributed by atoms with E-state index in [1.807, 2.05) is 26.8 Å². The third-order valence-corrected chi connectivity index (χ3v) is 6.16. The van der Waals surface area contributed by atoms with Crippen molar-refractivity contribution < 1.29 is 19.4 Å². The Labute approximate surface area is 197 Å². The zero-order valence-electron chi connectivity index (χ0n) is 18.7. The van der Waals surface area contributed by atoms with E-state index in [1.165, 1.54) is 12.0 Å². The van der Waals surface area contributed by atoms with Crippen LogP contribution in [0, 0.1) is 20.8 Å². The van der Waals surface area contributed by atoms with Crippen LogP contribution in [0.3, 0.4) is 0 Å². The van der Waals surface area contributed by atoms with Crippen molar-refractivity contribution in [3.63, 3.8) is 0 Å². The van der Waals surface area contributed by atoms with Crippen LogP contribution in [-0.4, -0.2) is 28.9 Å². The van der Waals surface area contributed by atoms with Crippen LogP contribution < -0.4 is 9.64 Å². The number of anilines is 1. The van der Waals surface area contributed by atoms with E-state index in [-0.39, 0.29) is 11.3 Å². The van der Waals surface area contributed by atoms with Gasteiger partial charge in [0.25, 0.3) is 11.7 Å². The highest BCUT2D eigenvalue weighted by Crippen LogP contribution is 2.44. The average Bonchev–Trinajstić information content (AvgIpc) is 3.06. The van der Waals surface area contributed by atoms with Gasteiger partial charge >= 0.3 is 0 Å². The minimum absolute atomic E-state index is 0.0343. The average molecular weight is 463 g/mol. The molecule has 1 saturated heterocycles. The van der Waals surface area contributed by atoms with Crippen LogP contribution in [-0.2, 0) is 9.59 Å². The lowest BCUT2D eigenvalue weighted by Crippen LogP contribution is -2.29. The van der Waals surface area contributed by atoms with Gasteiger partial charge in [0.2, 0.25) is 0 Å². The quantitative estimate of drug-likeness (QED) is 0.323. The summed E-state index contributed by atoms with van der Waals surface area (Å²) in [6, 6.07) is 11.4. The second-order valence-electron chi connectivity index (χ2n) is 8.05. The molecule has 0 bridgehead atoms. The number of pyridine rings is 1. The Bertz CT molecular complexity index is 1300. The number of ether oxygens (including phenoxy) is 1. The smallest absolute Gasteiger partial charge is 0.300 e. The van der Waals surface area contributed by atoms with Crippen molar-refractivity contribution in [1.82, 2.24) is 4.98 Å². The molecule has 0 aliphatic carbocycles. The summed E-state index contributed by atoms with van der Waals surface area (Å²) in [7, 11) is 1.50. The third-order valence-electron chi connectivity index (χ3n) is 5.76. The van der Waals surface area contributed by atoms with Crippen molar-refractivity contribution in [2.24, 2.45) is 0 Å². The fraction of sp³-hybridized carbons (Fsp3) is 0.192. The van der Waals surface area contributed by atoms with E-state index < -0.39 is 17.7 Å². The number of aromatic nitrogens is 1. The summed E-state index contributed by atoms with van der Waals surface area (Å²) in [5.74, 6) is -1.41. The molecule has 4 rings (SSSR count). The number of halogens is 1. The summed E-state index contributed by atoms with van der Waals surface area (Å²) in [6.07, 6.45) is 3.18. The maximum atomic E-state index is 13.3. The van der Waals surface area contributed by atoms with Crippen LogP contribution in [0.2, 0.25) is 5.02 Å². The summed E-state index contributed by atoms with van der Waals surface area (Å²) in [4.78, 5) is 32.1. The van der Waals surface area contributed by atoms with Gasteiger partial charge in [-0.05, 0) is 67.3 Å². The second-order valence-corrected chi connectivity index (χ2v) is 8.46. The third kappa shape index (κ3) is 3.87. The number of benzene rings is 2. The molecule has 1 unspecified atom stereocenters. The van der Waals surface area contributed by atoms with Crippen LogP contribution in [0.5, 0.6) is 5.75 Å². The van der Waals surface area contributed by atoms with E-state index in [2.05, 4.69) is 4.98 Å². The SMILES string of the molecule is COc1c(C)cc(C)cc1/C(O)=C1\C(=O)C(=O)N(c2ccc(C)c(Cl)c2)C1c1cccnc1. The summed E-state index contributed by atoms with van der Waals surface area (Å²) in [5.41, 5.74) is 3.88. The number of amides is 1. The Morgan fingerprint density at radius 1 is 1.09 bits per heavy atom. The van der Waals surface area contributed by atoms with Gasteiger partial charge in [0.05, 0.1) is 24.3 Å². The summed E-state index contributed by atoms with van der Waals surface area (Å²) in [6.45, 7) is 5.59. The maximum Gasteiger partial charge on any atom is 0.300 e. The molecule has 168 valence electrons. The number of Topliss-reactive ketones (excluding diaryl/α,β-unsaturated/α-hetero) is 1. The lowest BCUT2D eigenvalue weighted by molar-refractivity contribution is -0.132. The number of ketones is 1. The first-order chi connectivity index (χ1) is 15.7. The van der Waals surface area contributed by atoms with Crippen LogP contribution in [0.4, 0.5) is 5.69 Å². The van der Waals surface area contributed by atoms with Crippen molar-refractivity contribution in [3.8, 4) is 5.75 Å². The van der Waals surface area contributed by atoms with Crippen LogP contribution in [0.1, 0.15) is 33.9 Å². The molecule has 1 amide bonds. The predicted octanol–water partition coefficient (Wildman–Crippen LogP) is 5.30. The number of aliphatic hydroxyl groups is 1. The van der Waals surface area contributed by atoms with Crippen molar-refractivity contribution in [1.29, 1.82) is 0 Å². The first kappa shape index (κ1) is 22.6. The van der Waals surface area contributed by atoms with Gasteiger partial charge in [-0.1, -0.05) is 29.8 Å². The highest BCUT2D eigenvalue weighted by Gasteiger charge is 2.47. The number of hydrogen-bond acceptors (Lipinski definition) is 5. The molecule has 1 N–H and O–H groups in total. The van der Waals surface area contributed by atoms with Crippen LogP contribution in [0.25, 0.3) is 5.76 Å². The Kier molecular flexibility index (Phi) is 5.95. The molecule has 1 atom stereocenters. The molecule has 1 fully saturated rings. The molecule has 0 spiro atoms. The van der Waals surface area contributed by atoms with E-state index in [0.29, 0.717) is 27.6 Å². The lowest BCUT2D eigenvalue weighted by Gasteiger charge is -2.25. The molecule has 1 aromatic heterocycles. The van der Waals surface area contributed by atoms with Gasteiger partial charge in [-0.25, -0.2) is 0 Å².